The second-order valence-corrected chi connectivity index (χ2v) is 5.76. The van der Waals surface area contributed by atoms with E-state index in [2.05, 4.69) is 15.9 Å². The lowest BCUT2D eigenvalue weighted by Crippen LogP contribution is -1.92. The van der Waals surface area contributed by atoms with Gasteiger partial charge in [0.2, 0.25) is 0 Å². The van der Waals surface area contributed by atoms with Crippen LogP contribution in [-0.2, 0) is 9.05 Å². The molecule has 70 valence electrons. The average Bonchev–Trinajstić information content (AvgIpc) is 2.01. The maximum Gasteiger partial charge on any atom is 0.261 e. The van der Waals surface area contributed by atoms with E-state index in [1.165, 1.54) is 18.2 Å². The first kappa shape index (κ1) is 10.7. The Labute approximate surface area is 88.3 Å². The van der Waals surface area contributed by atoms with Crippen LogP contribution in [0.5, 0.6) is 0 Å². The molecular formula is C7H4BrClO3S. The summed E-state index contributed by atoms with van der Waals surface area (Å²) in [5.74, 6) is 0. The molecule has 1 aromatic rings. The first-order chi connectivity index (χ1) is 5.93. The van der Waals surface area contributed by atoms with Crippen LogP contribution in [0.15, 0.2) is 27.6 Å². The van der Waals surface area contributed by atoms with Gasteiger partial charge in [-0.15, -0.1) is 0 Å². The Bertz CT molecular complexity index is 441. The van der Waals surface area contributed by atoms with Crippen molar-refractivity contribution in [2.24, 2.45) is 0 Å². The van der Waals surface area contributed by atoms with Crippen molar-refractivity contribution in [2.75, 3.05) is 0 Å². The third-order valence-electron chi connectivity index (χ3n) is 1.31. The molecule has 6 heteroatoms. The predicted octanol–water partition coefficient (Wildman–Crippen LogP) is 2.19. The van der Waals surface area contributed by atoms with Crippen molar-refractivity contribution >= 4 is 41.9 Å². The van der Waals surface area contributed by atoms with Crippen LogP contribution in [0.25, 0.3) is 0 Å². The van der Waals surface area contributed by atoms with Crippen molar-refractivity contribution in [1.82, 2.24) is 0 Å². The van der Waals surface area contributed by atoms with Crippen molar-refractivity contribution in [3.05, 3.63) is 28.2 Å². The third kappa shape index (κ3) is 2.79. The van der Waals surface area contributed by atoms with Crippen molar-refractivity contribution in [3.63, 3.8) is 0 Å². The van der Waals surface area contributed by atoms with Crippen molar-refractivity contribution in [3.8, 4) is 0 Å². The summed E-state index contributed by atoms with van der Waals surface area (Å²) in [5.41, 5.74) is 0.258. The van der Waals surface area contributed by atoms with E-state index in [9.17, 15) is 13.2 Å². The van der Waals surface area contributed by atoms with Crippen LogP contribution in [0.1, 0.15) is 10.4 Å². The molecule has 0 amide bonds. The molecule has 0 aliphatic rings. The highest BCUT2D eigenvalue weighted by atomic mass is 79.9. The summed E-state index contributed by atoms with van der Waals surface area (Å²) in [5, 5.41) is 0. The second-order valence-electron chi connectivity index (χ2n) is 2.28. The van der Waals surface area contributed by atoms with Crippen LogP contribution in [-0.4, -0.2) is 14.7 Å². The van der Waals surface area contributed by atoms with E-state index in [1.807, 2.05) is 0 Å². The SMILES string of the molecule is O=Cc1cc(Br)cc(S(=O)(=O)Cl)c1. The highest BCUT2D eigenvalue weighted by Gasteiger charge is 2.11. The highest BCUT2D eigenvalue weighted by molar-refractivity contribution is 9.10. The van der Waals surface area contributed by atoms with Gasteiger partial charge in [0.05, 0.1) is 4.90 Å². The van der Waals surface area contributed by atoms with Gasteiger partial charge in [0.25, 0.3) is 9.05 Å². The van der Waals surface area contributed by atoms with E-state index >= 15 is 0 Å². The van der Waals surface area contributed by atoms with Crippen molar-refractivity contribution in [2.45, 2.75) is 4.90 Å². The molecule has 0 bridgehead atoms. The number of halogens is 2. The molecular weight excluding hydrogens is 279 g/mol. The van der Waals surface area contributed by atoms with E-state index in [4.69, 9.17) is 10.7 Å². The number of carbonyl (C=O) groups is 1. The lowest BCUT2D eigenvalue weighted by Gasteiger charge is -1.98. The Morgan fingerprint density at radius 3 is 2.38 bits per heavy atom. The molecule has 0 saturated heterocycles. The summed E-state index contributed by atoms with van der Waals surface area (Å²) >= 11 is 3.06. The molecule has 0 N–H and O–H groups in total. The standard InChI is InChI=1S/C7H4BrClO3S/c8-6-1-5(4-10)2-7(3-6)13(9,11)12/h1-4H. The zero-order valence-corrected chi connectivity index (χ0v) is 9.36. The van der Waals surface area contributed by atoms with Crippen LogP contribution < -0.4 is 0 Å². The maximum atomic E-state index is 10.9. The molecule has 0 aliphatic heterocycles. The van der Waals surface area contributed by atoms with Crippen LogP contribution in [0, 0.1) is 0 Å². The highest BCUT2D eigenvalue weighted by Crippen LogP contribution is 2.21. The lowest BCUT2D eigenvalue weighted by molar-refractivity contribution is 0.112. The van der Waals surface area contributed by atoms with Gasteiger partial charge in [-0.25, -0.2) is 8.42 Å². The van der Waals surface area contributed by atoms with Gasteiger partial charge in [-0.1, -0.05) is 15.9 Å². The first-order valence-electron chi connectivity index (χ1n) is 3.14. The summed E-state index contributed by atoms with van der Waals surface area (Å²) in [6.07, 6.45) is 0.552. The molecule has 1 rings (SSSR count). The van der Waals surface area contributed by atoms with Gasteiger partial charge < -0.3 is 0 Å². The number of rotatable bonds is 2. The molecule has 0 aliphatic carbocycles. The predicted molar refractivity (Wildman–Crippen MR) is 52.6 cm³/mol. The zero-order valence-electron chi connectivity index (χ0n) is 6.20. The van der Waals surface area contributed by atoms with Crippen LogP contribution in [0.4, 0.5) is 0 Å². The number of carbonyl (C=O) groups excluding carboxylic acids is 1. The third-order valence-corrected chi connectivity index (χ3v) is 3.10. The Hall–Kier alpha value is -0.390. The summed E-state index contributed by atoms with van der Waals surface area (Å²) in [6, 6.07) is 4.04. The van der Waals surface area contributed by atoms with Gasteiger partial charge in [-0.3, -0.25) is 4.79 Å². The fourth-order valence-electron chi connectivity index (χ4n) is 0.793. The second kappa shape index (κ2) is 3.77. The van der Waals surface area contributed by atoms with Crippen molar-refractivity contribution in [1.29, 1.82) is 0 Å². The molecule has 0 aromatic heterocycles. The molecule has 1 aromatic carbocycles. The first-order valence-corrected chi connectivity index (χ1v) is 6.24. The van der Waals surface area contributed by atoms with Gasteiger partial charge in [0.15, 0.2) is 0 Å². The summed E-state index contributed by atoms with van der Waals surface area (Å²) in [4.78, 5) is 10.3. The topological polar surface area (TPSA) is 51.2 Å². The summed E-state index contributed by atoms with van der Waals surface area (Å²) in [7, 11) is 1.32. The fourth-order valence-corrected chi connectivity index (χ4v) is 2.27. The van der Waals surface area contributed by atoms with E-state index in [0.717, 1.165) is 0 Å². The maximum absolute atomic E-state index is 10.9. The lowest BCUT2D eigenvalue weighted by atomic mass is 10.2. The number of hydrogen-bond acceptors (Lipinski definition) is 3. The average molecular weight is 284 g/mol. The molecule has 0 radical (unpaired) electrons. The monoisotopic (exact) mass is 282 g/mol. The number of hydrogen-bond donors (Lipinski definition) is 0. The molecule has 13 heavy (non-hydrogen) atoms. The minimum Gasteiger partial charge on any atom is -0.298 e. The van der Waals surface area contributed by atoms with Crippen molar-refractivity contribution < 1.29 is 13.2 Å². The normalized spacial score (nSPS) is 11.2. The minimum atomic E-state index is -3.77. The van der Waals surface area contributed by atoms with Gasteiger partial charge in [-0.2, -0.15) is 0 Å². The van der Waals surface area contributed by atoms with E-state index in [-0.39, 0.29) is 10.5 Å². The summed E-state index contributed by atoms with van der Waals surface area (Å²) < 4.78 is 22.3. The van der Waals surface area contributed by atoms with E-state index in [1.54, 1.807) is 0 Å². The minimum absolute atomic E-state index is 0.0920. The Balaban J connectivity index is 3.41. The number of aldehydes is 1. The molecule has 0 unspecified atom stereocenters. The van der Waals surface area contributed by atoms with Gasteiger partial charge in [0, 0.05) is 20.7 Å². The number of benzene rings is 1. The smallest absolute Gasteiger partial charge is 0.261 e. The van der Waals surface area contributed by atoms with Gasteiger partial charge >= 0.3 is 0 Å². The quantitative estimate of drug-likeness (QED) is 0.617. The molecule has 0 atom stereocenters. The Morgan fingerprint density at radius 2 is 1.92 bits per heavy atom. The largest absolute Gasteiger partial charge is 0.298 e. The van der Waals surface area contributed by atoms with Crippen LogP contribution in [0.2, 0.25) is 0 Å². The Kier molecular flexibility index (Phi) is 3.10. The molecule has 0 fully saturated rings. The van der Waals surface area contributed by atoms with E-state index in [0.29, 0.717) is 10.8 Å². The molecule has 3 nitrogen and oxygen atoms in total. The van der Waals surface area contributed by atoms with E-state index < -0.39 is 9.05 Å². The Morgan fingerprint density at radius 1 is 1.31 bits per heavy atom. The van der Waals surface area contributed by atoms with Gasteiger partial charge in [-0.05, 0) is 18.2 Å². The molecule has 0 spiro atoms. The van der Waals surface area contributed by atoms with Gasteiger partial charge in [0.1, 0.15) is 6.29 Å². The van der Waals surface area contributed by atoms with Crippen LogP contribution in [0.3, 0.4) is 0 Å². The summed E-state index contributed by atoms with van der Waals surface area (Å²) in [6.45, 7) is 0. The van der Waals surface area contributed by atoms with Crippen LogP contribution >= 0.6 is 26.6 Å². The fraction of sp³-hybridized carbons (Fsp3) is 0. The molecule has 0 heterocycles. The molecule has 0 saturated carbocycles. The zero-order chi connectivity index (χ0) is 10.1.